The van der Waals surface area contributed by atoms with E-state index in [1.54, 1.807) is 6.92 Å². The zero-order valence-corrected chi connectivity index (χ0v) is 18.6. The molecule has 2 atom stereocenters. The van der Waals surface area contributed by atoms with E-state index in [9.17, 15) is 22.8 Å². The van der Waals surface area contributed by atoms with Gasteiger partial charge in [0.1, 0.15) is 5.82 Å². The van der Waals surface area contributed by atoms with Crippen molar-refractivity contribution in [2.24, 2.45) is 0 Å². The number of fused-ring (bicyclic) bond motifs is 1. The molecule has 4 rings (SSSR count). The molecular formula is C22H29F3N6O2. The number of hydrogen-bond donors (Lipinski definition) is 2. The van der Waals surface area contributed by atoms with Gasteiger partial charge in [0.05, 0.1) is 11.6 Å². The number of rotatable bonds is 4. The molecule has 2 aliphatic rings. The van der Waals surface area contributed by atoms with E-state index in [1.807, 2.05) is 4.90 Å². The van der Waals surface area contributed by atoms with Crippen molar-refractivity contribution in [3.63, 3.8) is 0 Å². The Morgan fingerprint density at radius 3 is 2.58 bits per heavy atom. The van der Waals surface area contributed by atoms with Crippen LogP contribution in [0.25, 0.3) is 5.65 Å². The normalized spacial score (nSPS) is 21.6. The molecule has 2 aromatic rings. The van der Waals surface area contributed by atoms with E-state index in [1.165, 1.54) is 16.9 Å². The average molecular weight is 467 g/mol. The fourth-order valence-electron chi connectivity index (χ4n) is 4.77. The van der Waals surface area contributed by atoms with Crippen LogP contribution in [0.3, 0.4) is 0 Å². The van der Waals surface area contributed by atoms with E-state index in [4.69, 9.17) is 0 Å². The Bertz CT molecular complexity index is 1000. The predicted octanol–water partition coefficient (Wildman–Crippen LogP) is 3.47. The summed E-state index contributed by atoms with van der Waals surface area (Å²) in [4.78, 5) is 26.9. The van der Waals surface area contributed by atoms with Crippen LogP contribution in [-0.4, -0.2) is 56.6 Å². The Morgan fingerprint density at radius 2 is 1.85 bits per heavy atom. The van der Waals surface area contributed by atoms with Crippen LogP contribution in [0.15, 0.2) is 18.3 Å². The molecule has 1 saturated carbocycles. The number of hydrogen-bond acceptors (Lipinski definition) is 5. The van der Waals surface area contributed by atoms with Gasteiger partial charge in [-0.25, -0.2) is 4.79 Å². The molecule has 8 nitrogen and oxygen atoms in total. The fourth-order valence-corrected chi connectivity index (χ4v) is 4.77. The maximum absolute atomic E-state index is 13.2. The number of aromatic nitrogens is 3. The van der Waals surface area contributed by atoms with Crippen LogP contribution >= 0.6 is 0 Å². The maximum atomic E-state index is 13.2. The van der Waals surface area contributed by atoms with Crippen molar-refractivity contribution < 1.29 is 22.8 Å². The SMILES string of the molecule is C[C@H](C(=O)NC(=O)NC1CCCCC1)N1CCC[C@H](c2nnc3ccc(C(F)(F)F)cn23)C1. The smallest absolute Gasteiger partial charge is 0.335 e. The van der Waals surface area contributed by atoms with Crippen molar-refractivity contribution in [3.05, 3.63) is 29.7 Å². The summed E-state index contributed by atoms with van der Waals surface area (Å²) in [6.45, 7) is 2.82. The molecule has 2 aromatic heterocycles. The number of carbonyl (C=O) groups excluding carboxylic acids is 2. The zero-order chi connectivity index (χ0) is 23.6. The minimum atomic E-state index is -4.46. The van der Waals surface area contributed by atoms with Crippen molar-refractivity contribution in [1.82, 2.24) is 30.1 Å². The molecule has 0 aromatic carbocycles. The Balaban J connectivity index is 1.40. The molecule has 11 heteroatoms. The molecule has 2 N–H and O–H groups in total. The van der Waals surface area contributed by atoms with Gasteiger partial charge < -0.3 is 5.32 Å². The van der Waals surface area contributed by atoms with Gasteiger partial charge in [-0.05, 0) is 51.3 Å². The minimum Gasteiger partial charge on any atom is -0.335 e. The largest absolute Gasteiger partial charge is 0.417 e. The molecule has 0 bridgehead atoms. The summed E-state index contributed by atoms with van der Waals surface area (Å²) in [7, 11) is 0. The van der Waals surface area contributed by atoms with E-state index in [0.29, 0.717) is 24.6 Å². The monoisotopic (exact) mass is 466 g/mol. The predicted molar refractivity (Wildman–Crippen MR) is 115 cm³/mol. The first-order valence-electron chi connectivity index (χ1n) is 11.5. The number of imide groups is 1. The number of piperidine rings is 1. The highest BCUT2D eigenvalue weighted by Crippen LogP contribution is 2.31. The molecular weight excluding hydrogens is 437 g/mol. The van der Waals surface area contributed by atoms with Crippen molar-refractivity contribution in [1.29, 1.82) is 0 Å². The topological polar surface area (TPSA) is 91.6 Å². The molecule has 0 unspecified atom stereocenters. The van der Waals surface area contributed by atoms with Crippen LogP contribution in [0.5, 0.6) is 0 Å². The molecule has 1 saturated heterocycles. The van der Waals surface area contributed by atoms with Gasteiger partial charge in [-0.3, -0.25) is 19.4 Å². The molecule has 2 fully saturated rings. The minimum absolute atomic E-state index is 0.101. The lowest BCUT2D eigenvalue weighted by Crippen LogP contribution is -2.53. The maximum Gasteiger partial charge on any atom is 0.417 e. The summed E-state index contributed by atoms with van der Waals surface area (Å²) in [6, 6.07) is 1.36. The van der Waals surface area contributed by atoms with Crippen LogP contribution in [-0.2, 0) is 11.0 Å². The second kappa shape index (κ2) is 9.66. The zero-order valence-electron chi connectivity index (χ0n) is 18.6. The number of nitrogens with zero attached hydrogens (tertiary/aromatic N) is 4. The van der Waals surface area contributed by atoms with Gasteiger partial charge in [-0.15, -0.1) is 10.2 Å². The number of pyridine rings is 1. The van der Waals surface area contributed by atoms with E-state index in [-0.39, 0.29) is 12.0 Å². The fraction of sp³-hybridized carbons (Fsp3) is 0.636. The third kappa shape index (κ3) is 5.45. The number of alkyl halides is 3. The highest BCUT2D eigenvalue weighted by atomic mass is 19.4. The van der Waals surface area contributed by atoms with Gasteiger partial charge in [0.25, 0.3) is 0 Å². The van der Waals surface area contributed by atoms with Crippen molar-refractivity contribution in [2.45, 2.75) is 76.0 Å². The van der Waals surface area contributed by atoms with E-state index >= 15 is 0 Å². The Hall–Kier alpha value is -2.69. The molecule has 180 valence electrons. The lowest BCUT2D eigenvalue weighted by Gasteiger charge is -2.35. The summed E-state index contributed by atoms with van der Waals surface area (Å²) >= 11 is 0. The number of amides is 3. The van der Waals surface area contributed by atoms with Gasteiger partial charge in [0, 0.05) is 24.7 Å². The molecule has 1 aliphatic heterocycles. The Kier molecular flexibility index (Phi) is 6.87. The summed E-state index contributed by atoms with van der Waals surface area (Å²) in [6.07, 6.45) is 3.22. The van der Waals surface area contributed by atoms with Crippen molar-refractivity contribution in [2.75, 3.05) is 13.1 Å². The summed E-state index contributed by atoms with van der Waals surface area (Å²) in [5.41, 5.74) is -0.416. The summed E-state index contributed by atoms with van der Waals surface area (Å²) in [5.74, 6) is -0.124. The standard InChI is InChI=1S/C22H29F3N6O2/c1-14(20(32)27-21(33)26-17-7-3-2-4-8-17)30-11-5-6-15(12-30)19-29-28-18-10-9-16(13-31(18)19)22(23,24)25/h9-10,13-15,17H,2-8,11-12H2,1H3,(H2,26,27,32,33)/t14-,15+/m1/s1. The number of halogens is 3. The lowest BCUT2D eigenvalue weighted by atomic mass is 9.95. The van der Waals surface area contributed by atoms with Crippen LogP contribution < -0.4 is 10.6 Å². The van der Waals surface area contributed by atoms with Gasteiger partial charge >= 0.3 is 12.2 Å². The quantitative estimate of drug-likeness (QED) is 0.720. The van der Waals surface area contributed by atoms with Crippen molar-refractivity contribution >= 4 is 17.6 Å². The van der Waals surface area contributed by atoms with E-state index in [2.05, 4.69) is 20.8 Å². The third-order valence-electron chi connectivity index (χ3n) is 6.68. The number of likely N-dealkylation sites (tertiary alicyclic amines) is 1. The average Bonchev–Trinajstić information content (AvgIpc) is 3.22. The Morgan fingerprint density at radius 1 is 1.09 bits per heavy atom. The van der Waals surface area contributed by atoms with Gasteiger partial charge in [-0.2, -0.15) is 13.2 Å². The highest BCUT2D eigenvalue weighted by molar-refractivity contribution is 5.96. The van der Waals surface area contributed by atoms with Gasteiger partial charge in [-0.1, -0.05) is 19.3 Å². The van der Waals surface area contributed by atoms with Crippen molar-refractivity contribution in [3.8, 4) is 0 Å². The molecule has 3 heterocycles. The lowest BCUT2D eigenvalue weighted by molar-refractivity contribution is -0.137. The van der Waals surface area contributed by atoms with Crippen LogP contribution in [0.2, 0.25) is 0 Å². The molecule has 1 aliphatic carbocycles. The Labute approximate surface area is 189 Å². The second-order valence-electron chi connectivity index (χ2n) is 9.01. The molecule has 3 amide bonds. The van der Waals surface area contributed by atoms with E-state index < -0.39 is 29.7 Å². The highest BCUT2D eigenvalue weighted by Gasteiger charge is 2.34. The molecule has 0 spiro atoms. The first-order chi connectivity index (χ1) is 15.7. The first kappa shape index (κ1) is 23.5. The van der Waals surface area contributed by atoms with Crippen LogP contribution in [0.1, 0.15) is 69.2 Å². The number of carbonyl (C=O) groups is 2. The number of nitrogens with one attached hydrogen (secondary N) is 2. The van der Waals surface area contributed by atoms with Gasteiger partial charge in [0.2, 0.25) is 5.91 Å². The van der Waals surface area contributed by atoms with E-state index in [0.717, 1.165) is 50.8 Å². The second-order valence-corrected chi connectivity index (χ2v) is 9.01. The number of urea groups is 1. The summed E-state index contributed by atoms with van der Waals surface area (Å²) in [5, 5.41) is 13.5. The van der Waals surface area contributed by atoms with Crippen LogP contribution in [0, 0.1) is 0 Å². The van der Waals surface area contributed by atoms with Crippen LogP contribution in [0.4, 0.5) is 18.0 Å². The molecule has 0 radical (unpaired) electrons. The summed E-state index contributed by atoms with van der Waals surface area (Å²) < 4.78 is 40.9. The van der Waals surface area contributed by atoms with Gasteiger partial charge in [0.15, 0.2) is 5.65 Å². The molecule has 33 heavy (non-hydrogen) atoms. The third-order valence-corrected chi connectivity index (χ3v) is 6.68. The first-order valence-corrected chi connectivity index (χ1v) is 11.5.